The molecule has 2 aromatic carbocycles. The van der Waals surface area contributed by atoms with Gasteiger partial charge in [-0.15, -0.1) is 0 Å². The van der Waals surface area contributed by atoms with E-state index in [-0.39, 0.29) is 5.91 Å². The van der Waals surface area contributed by atoms with Gasteiger partial charge in [0.15, 0.2) is 0 Å². The molecule has 1 N–H and O–H groups in total. The van der Waals surface area contributed by atoms with Crippen molar-refractivity contribution in [2.24, 2.45) is 0 Å². The number of carbonyl (C=O) groups excluding carboxylic acids is 1. The third-order valence-corrected chi connectivity index (χ3v) is 3.86. The molecule has 0 heterocycles. The topological polar surface area (TPSA) is 47.6 Å². The highest BCUT2D eigenvalue weighted by atomic mass is 32.2. The number of hydrogen-bond donors (Lipinski definition) is 1. The van der Waals surface area contributed by atoms with Gasteiger partial charge in [0.1, 0.15) is 11.5 Å². The molecule has 5 heteroatoms. The molecule has 0 spiro atoms. The highest BCUT2D eigenvalue weighted by Gasteiger charge is 2.03. The lowest BCUT2D eigenvalue weighted by Gasteiger charge is -2.08. The third-order valence-electron chi connectivity index (χ3n) is 3.04. The average molecular weight is 329 g/mol. The molecule has 4 nitrogen and oxygen atoms in total. The largest absolute Gasteiger partial charge is 0.497 e. The van der Waals surface area contributed by atoms with Crippen LogP contribution in [0.5, 0.6) is 11.5 Å². The van der Waals surface area contributed by atoms with E-state index in [1.807, 2.05) is 42.5 Å². The Morgan fingerprint density at radius 3 is 2.35 bits per heavy atom. The van der Waals surface area contributed by atoms with Crippen molar-refractivity contribution in [2.75, 3.05) is 14.2 Å². The first-order chi connectivity index (χ1) is 11.2. The van der Waals surface area contributed by atoms with Crippen molar-refractivity contribution in [1.82, 2.24) is 5.32 Å². The second-order valence-electron chi connectivity index (χ2n) is 4.67. The van der Waals surface area contributed by atoms with E-state index in [4.69, 9.17) is 9.47 Å². The number of methoxy groups -OCH3 is 2. The number of rotatable bonds is 7. The van der Waals surface area contributed by atoms with Gasteiger partial charge in [0.25, 0.3) is 0 Å². The summed E-state index contributed by atoms with van der Waals surface area (Å²) in [5, 5.41) is 4.61. The summed E-state index contributed by atoms with van der Waals surface area (Å²) >= 11 is 1.50. The molecule has 0 saturated heterocycles. The van der Waals surface area contributed by atoms with E-state index in [0.29, 0.717) is 18.0 Å². The Hall–Kier alpha value is -2.40. The second-order valence-corrected chi connectivity index (χ2v) is 5.65. The van der Waals surface area contributed by atoms with Gasteiger partial charge in [-0.05, 0) is 35.2 Å². The van der Waals surface area contributed by atoms with Gasteiger partial charge in [0.2, 0.25) is 5.91 Å². The Balaban J connectivity index is 1.86. The molecule has 120 valence electrons. The van der Waals surface area contributed by atoms with Gasteiger partial charge in [-0.2, -0.15) is 0 Å². The van der Waals surface area contributed by atoms with Crippen LogP contribution in [0.4, 0.5) is 0 Å². The molecule has 23 heavy (non-hydrogen) atoms. The summed E-state index contributed by atoms with van der Waals surface area (Å²) in [6, 6.07) is 15.4. The summed E-state index contributed by atoms with van der Waals surface area (Å²) < 4.78 is 10.4. The Morgan fingerprint density at radius 1 is 1.09 bits per heavy atom. The van der Waals surface area contributed by atoms with Crippen LogP contribution in [0.2, 0.25) is 0 Å². The lowest BCUT2D eigenvalue weighted by molar-refractivity contribution is -0.116. The first-order valence-electron chi connectivity index (χ1n) is 7.09. The smallest absolute Gasteiger partial charge is 0.244 e. The minimum atomic E-state index is -0.143. The number of amides is 1. The standard InChI is InChI=1S/C18H19NO3S/c1-21-15-10-14(11-16(12-15)22-2)13-19-18(20)8-9-23-17-6-4-3-5-7-17/h3-12H,13H2,1-2H3,(H,19,20)/b9-8-. The lowest BCUT2D eigenvalue weighted by Crippen LogP contribution is -2.20. The van der Waals surface area contributed by atoms with Crippen molar-refractivity contribution in [3.05, 3.63) is 65.6 Å². The predicted molar refractivity (Wildman–Crippen MR) is 92.8 cm³/mol. The number of hydrogen-bond acceptors (Lipinski definition) is 4. The molecule has 0 aliphatic rings. The van der Waals surface area contributed by atoms with E-state index < -0.39 is 0 Å². The van der Waals surface area contributed by atoms with Crippen molar-refractivity contribution < 1.29 is 14.3 Å². The van der Waals surface area contributed by atoms with Crippen LogP contribution in [0.3, 0.4) is 0 Å². The molecule has 0 aliphatic heterocycles. The van der Waals surface area contributed by atoms with Crippen LogP contribution in [0.15, 0.2) is 64.9 Å². The fourth-order valence-corrected chi connectivity index (χ4v) is 2.55. The highest BCUT2D eigenvalue weighted by molar-refractivity contribution is 8.02. The molecular weight excluding hydrogens is 310 g/mol. The second kappa shape index (κ2) is 8.90. The molecule has 0 radical (unpaired) electrons. The molecule has 0 saturated carbocycles. The van der Waals surface area contributed by atoms with Crippen molar-refractivity contribution in [1.29, 1.82) is 0 Å². The molecule has 0 aromatic heterocycles. The molecule has 0 atom stereocenters. The van der Waals surface area contributed by atoms with Gasteiger partial charge < -0.3 is 14.8 Å². The number of nitrogens with one attached hydrogen (secondary N) is 1. The minimum Gasteiger partial charge on any atom is -0.497 e. The van der Waals surface area contributed by atoms with E-state index in [0.717, 1.165) is 10.5 Å². The van der Waals surface area contributed by atoms with Crippen molar-refractivity contribution in [2.45, 2.75) is 11.4 Å². The van der Waals surface area contributed by atoms with E-state index in [9.17, 15) is 4.79 Å². The molecule has 0 bridgehead atoms. The first kappa shape index (κ1) is 17.0. The molecule has 0 fully saturated rings. The van der Waals surface area contributed by atoms with E-state index in [1.54, 1.807) is 25.7 Å². The van der Waals surface area contributed by atoms with Gasteiger partial charge in [-0.25, -0.2) is 0 Å². The Bertz CT molecular complexity index is 649. The fraction of sp³-hybridized carbons (Fsp3) is 0.167. The highest BCUT2D eigenvalue weighted by Crippen LogP contribution is 2.22. The minimum absolute atomic E-state index is 0.143. The number of thioether (sulfide) groups is 1. The summed E-state index contributed by atoms with van der Waals surface area (Å²) in [4.78, 5) is 12.9. The zero-order valence-electron chi connectivity index (χ0n) is 13.1. The van der Waals surface area contributed by atoms with E-state index >= 15 is 0 Å². The van der Waals surface area contributed by atoms with Crippen LogP contribution < -0.4 is 14.8 Å². The predicted octanol–water partition coefficient (Wildman–Crippen LogP) is 3.63. The average Bonchev–Trinajstić information content (AvgIpc) is 2.60. The third kappa shape index (κ3) is 5.71. The molecule has 2 aromatic rings. The van der Waals surface area contributed by atoms with Crippen molar-refractivity contribution in [3.8, 4) is 11.5 Å². The molecule has 1 amide bonds. The Labute approximate surface area is 140 Å². The van der Waals surface area contributed by atoms with Gasteiger partial charge in [-0.1, -0.05) is 30.0 Å². The van der Waals surface area contributed by atoms with E-state index in [1.165, 1.54) is 17.8 Å². The monoisotopic (exact) mass is 329 g/mol. The first-order valence-corrected chi connectivity index (χ1v) is 7.97. The molecule has 0 aliphatic carbocycles. The maximum Gasteiger partial charge on any atom is 0.244 e. The van der Waals surface area contributed by atoms with Crippen LogP contribution in [0.1, 0.15) is 5.56 Å². The van der Waals surface area contributed by atoms with Gasteiger partial charge >= 0.3 is 0 Å². The van der Waals surface area contributed by atoms with Crippen LogP contribution in [0.25, 0.3) is 0 Å². The summed E-state index contributed by atoms with van der Waals surface area (Å²) in [5.74, 6) is 1.25. The quantitative estimate of drug-likeness (QED) is 0.622. The number of ether oxygens (including phenoxy) is 2. The van der Waals surface area contributed by atoms with Gasteiger partial charge in [0.05, 0.1) is 14.2 Å². The van der Waals surface area contributed by atoms with Gasteiger partial charge in [-0.3, -0.25) is 4.79 Å². The number of benzene rings is 2. The van der Waals surface area contributed by atoms with Gasteiger partial charge in [0, 0.05) is 23.6 Å². The Morgan fingerprint density at radius 2 is 1.74 bits per heavy atom. The maximum atomic E-state index is 11.8. The summed E-state index contributed by atoms with van der Waals surface area (Å²) in [6.45, 7) is 0.409. The molecule has 0 unspecified atom stereocenters. The van der Waals surface area contributed by atoms with Crippen LogP contribution >= 0.6 is 11.8 Å². The van der Waals surface area contributed by atoms with Crippen LogP contribution in [-0.2, 0) is 11.3 Å². The molecular formula is C18H19NO3S. The van der Waals surface area contributed by atoms with E-state index in [2.05, 4.69) is 5.32 Å². The SMILES string of the molecule is COc1cc(CNC(=O)/C=C\Sc2ccccc2)cc(OC)c1. The normalized spacial score (nSPS) is 10.5. The Kier molecular flexibility index (Phi) is 6.56. The molecule has 2 rings (SSSR count). The summed E-state index contributed by atoms with van der Waals surface area (Å²) in [6.07, 6.45) is 1.52. The summed E-state index contributed by atoms with van der Waals surface area (Å²) in [7, 11) is 3.20. The number of carbonyl (C=O) groups is 1. The maximum absolute atomic E-state index is 11.8. The lowest BCUT2D eigenvalue weighted by atomic mass is 10.2. The van der Waals surface area contributed by atoms with Crippen molar-refractivity contribution in [3.63, 3.8) is 0 Å². The fourth-order valence-electron chi connectivity index (χ4n) is 1.89. The summed E-state index contributed by atoms with van der Waals surface area (Å²) in [5.41, 5.74) is 0.915. The van der Waals surface area contributed by atoms with Crippen molar-refractivity contribution >= 4 is 17.7 Å². The van der Waals surface area contributed by atoms with Crippen LogP contribution in [0, 0.1) is 0 Å². The van der Waals surface area contributed by atoms with Crippen LogP contribution in [-0.4, -0.2) is 20.1 Å². The zero-order valence-corrected chi connectivity index (χ0v) is 13.9. The zero-order chi connectivity index (χ0) is 16.5.